The Morgan fingerprint density at radius 1 is 0.263 bits per heavy atom. The summed E-state index contributed by atoms with van der Waals surface area (Å²) in [4.78, 5) is 38.4. The van der Waals surface area contributed by atoms with E-state index in [0.717, 1.165) is 116 Å². The highest BCUT2D eigenvalue weighted by atomic mass is 16.6. The van der Waals surface area contributed by atoms with Crippen molar-refractivity contribution in [3.8, 4) is 0 Å². The van der Waals surface area contributed by atoms with E-state index in [0.29, 0.717) is 19.3 Å². The van der Waals surface area contributed by atoms with Gasteiger partial charge in [-0.3, -0.25) is 14.4 Å². The fourth-order valence-corrected chi connectivity index (χ4v) is 9.45. The molecule has 0 saturated heterocycles. The SMILES string of the molecule is CC/C=C\C/C=C\C/C=C\C/C=C\C/C=C\C/C=C\C/C=C\C/C=C\CCCCC(=O)OCC(COC(=O)CCCCCCC/C=C\CCCCCCC)OC(=O)CCCCCCCCCCCCCCCCCCCCCCC. The lowest BCUT2D eigenvalue weighted by atomic mass is 10.0. The van der Waals surface area contributed by atoms with E-state index < -0.39 is 6.10 Å². The number of hydrogen-bond donors (Lipinski definition) is 0. The first-order valence-corrected chi connectivity index (χ1v) is 33.9. The maximum atomic E-state index is 12.9. The van der Waals surface area contributed by atoms with E-state index in [4.69, 9.17) is 14.2 Å². The van der Waals surface area contributed by atoms with Crippen LogP contribution in [0.15, 0.2) is 109 Å². The molecule has 1 atom stereocenters. The molecule has 6 heteroatoms. The van der Waals surface area contributed by atoms with Crippen molar-refractivity contribution < 1.29 is 28.6 Å². The normalized spacial score (nSPS) is 12.8. The van der Waals surface area contributed by atoms with Crippen molar-refractivity contribution in [2.45, 2.75) is 329 Å². The van der Waals surface area contributed by atoms with Crippen molar-refractivity contribution in [1.29, 1.82) is 0 Å². The monoisotopic (exact) mass is 1110 g/mol. The van der Waals surface area contributed by atoms with E-state index in [1.165, 1.54) is 167 Å². The van der Waals surface area contributed by atoms with Crippen LogP contribution in [0.5, 0.6) is 0 Å². The standard InChI is InChI=1S/C74H126O6/c1-4-7-10-13-16-19-22-25-28-30-32-34-35-36-37-38-39-41-42-44-46-49-52-55-58-61-64-67-73(76)79-70-71(69-78-72(75)66-63-60-57-54-51-48-27-24-21-18-15-12-9-6-3)80-74(77)68-65-62-59-56-53-50-47-45-43-40-33-31-29-26-23-20-17-14-11-8-5-2/h7,10,16,19,24-25,27-28,32,34,36-37,39,41,44,46,52,55,71H,4-6,8-9,11-15,17-18,20-23,26,29-31,33,35,38,40,42-43,45,47-51,53-54,56-70H2,1-3H3/b10-7-,19-16-,27-24-,28-25-,34-32-,37-36-,41-39-,46-44-,55-52-. The van der Waals surface area contributed by atoms with Gasteiger partial charge in [-0.05, 0) is 109 Å². The first-order chi connectivity index (χ1) is 39.5. The molecular weight excluding hydrogens is 985 g/mol. The Labute approximate surface area is 495 Å². The summed E-state index contributed by atoms with van der Waals surface area (Å²) in [6.45, 7) is 6.51. The number of allylic oxidation sites excluding steroid dienone is 18. The molecule has 0 heterocycles. The van der Waals surface area contributed by atoms with Crippen LogP contribution < -0.4 is 0 Å². The highest BCUT2D eigenvalue weighted by Crippen LogP contribution is 2.17. The minimum atomic E-state index is -0.801. The van der Waals surface area contributed by atoms with E-state index in [2.05, 4.69) is 130 Å². The average Bonchev–Trinajstić information content (AvgIpc) is 3.46. The van der Waals surface area contributed by atoms with Crippen LogP contribution >= 0.6 is 0 Å². The van der Waals surface area contributed by atoms with E-state index >= 15 is 0 Å². The number of carbonyl (C=O) groups is 3. The molecule has 0 fully saturated rings. The Bertz CT molecular complexity index is 1610. The number of ether oxygens (including phenoxy) is 3. The topological polar surface area (TPSA) is 78.9 Å². The third-order valence-corrected chi connectivity index (χ3v) is 14.5. The van der Waals surface area contributed by atoms with Crippen LogP contribution in [-0.4, -0.2) is 37.2 Å². The number of esters is 3. The van der Waals surface area contributed by atoms with Crippen LogP contribution in [0, 0.1) is 0 Å². The molecule has 458 valence electrons. The Morgan fingerprint density at radius 3 is 0.800 bits per heavy atom. The van der Waals surface area contributed by atoms with Crippen molar-refractivity contribution in [2.24, 2.45) is 0 Å². The fourth-order valence-electron chi connectivity index (χ4n) is 9.45. The lowest BCUT2D eigenvalue weighted by Gasteiger charge is -2.18. The fraction of sp³-hybridized carbons (Fsp3) is 0.716. The van der Waals surface area contributed by atoms with Crippen LogP contribution in [0.4, 0.5) is 0 Å². The van der Waals surface area contributed by atoms with Gasteiger partial charge < -0.3 is 14.2 Å². The molecule has 0 bridgehead atoms. The number of rotatable bonds is 61. The van der Waals surface area contributed by atoms with E-state index in [-0.39, 0.29) is 31.1 Å². The minimum absolute atomic E-state index is 0.0945. The predicted octanol–water partition coefficient (Wildman–Crippen LogP) is 23.4. The molecule has 0 radical (unpaired) electrons. The summed E-state index contributed by atoms with van der Waals surface area (Å²) < 4.78 is 16.9. The van der Waals surface area contributed by atoms with Crippen LogP contribution in [-0.2, 0) is 28.6 Å². The van der Waals surface area contributed by atoms with Gasteiger partial charge in [0.25, 0.3) is 0 Å². The van der Waals surface area contributed by atoms with Gasteiger partial charge in [0, 0.05) is 19.3 Å². The summed E-state index contributed by atoms with van der Waals surface area (Å²) in [5, 5.41) is 0. The molecule has 0 aromatic rings. The quantitative estimate of drug-likeness (QED) is 0.0261. The molecule has 0 saturated carbocycles. The average molecular weight is 1110 g/mol. The van der Waals surface area contributed by atoms with Crippen LogP contribution in [0.2, 0.25) is 0 Å². The van der Waals surface area contributed by atoms with Gasteiger partial charge in [0.05, 0.1) is 0 Å². The van der Waals surface area contributed by atoms with E-state index in [1.54, 1.807) is 0 Å². The predicted molar refractivity (Wildman–Crippen MR) is 348 cm³/mol. The van der Waals surface area contributed by atoms with Gasteiger partial charge in [0.2, 0.25) is 0 Å². The molecule has 0 amide bonds. The van der Waals surface area contributed by atoms with Crippen molar-refractivity contribution in [3.05, 3.63) is 109 Å². The molecule has 0 aromatic heterocycles. The Balaban J connectivity index is 4.42. The zero-order chi connectivity index (χ0) is 57.8. The molecule has 0 aliphatic carbocycles. The molecule has 0 rings (SSSR count). The Kier molecular flexibility index (Phi) is 64.3. The highest BCUT2D eigenvalue weighted by Gasteiger charge is 2.19. The first-order valence-electron chi connectivity index (χ1n) is 33.9. The summed E-state index contributed by atoms with van der Waals surface area (Å²) in [5.41, 5.74) is 0. The molecule has 0 aliphatic heterocycles. The van der Waals surface area contributed by atoms with Crippen molar-refractivity contribution in [2.75, 3.05) is 13.2 Å². The maximum Gasteiger partial charge on any atom is 0.306 e. The number of hydrogen-bond acceptors (Lipinski definition) is 6. The van der Waals surface area contributed by atoms with Gasteiger partial charge in [-0.2, -0.15) is 0 Å². The second kappa shape index (κ2) is 67.6. The Morgan fingerprint density at radius 2 is 0.487 bits per heavy atom. The number of carbonyl (C=O) groups excluding carboxylic acids is 3. The van der Waals surface area contributed by atoms with Crippen LogP contribution in [0.3, 0.4) is 0 Å². The zero-order valence-corrected chi connectivity index (χ0v) is 52.6. The van der Waals surface area contributed by atoms with Gasteiger partial charge in [0.15, 0.2) is 6.10 Å². The van der Waals surface area contributed by atoms with E-state index in [1.807, 2.05) is 0 Å². The number of unbranched alkanes of at least 4 members (excludes halogenated alkanes) is 32. The maximum absolute atomic E-state index is 12.9. The summed E-state index contributed by atoms with van der Waals surface area (Å²) in [6, 6.07) is 0. The zero-order valence-electron chi connectivity index (χ0n) is 52.6. The molecule has 0 aliphatic rings. The molecule has 80 heavy (non-hydrogen) atoms. The summed E-state index contributed by atoms with van der Waals surface area (Å²) in [7, 11) is 0. The summed E-state index contributed by atoms with van der Waals surface area (Å²) >= 11 is 0. The Hall–Kier alpha value is -3.93. The lowest BCUT2D eigenvalue weighted by Crippen LogP contribution is -2.30. The van der Waals surface area contributed by atoms with Crippen molar-refractivity contribution in [3.63, 3.8) is 0 Å². The first kappa shape index (κ1) is 76.1. The minimum Gasteiger partial charge on any atom is -0.462 e. The van der Waals surface area contributed by atoms with Crippen molar-refractivity contribution in [1.82, 2.24) is 0 Å². The van der Waals surface area contributed by atoms with Gasteiger partial charge >= 0.3 is 17.9 Å². The molecule has 0 spiro atoms. The largest absolute Gasteiger partial charge is 0.462 e. The molecular formula is C74H126O6. The van der Waals surface area contributed by atoms with Crippen LogP contribution in [0.1, 0.15) is 323 Å². The van der Waals surface area contributed by atoms with Gasteiger partial charge in [0.1, 0.15) is 13.2 Å². The van der Waals surface area contributed by atoms with Gasteiger partial charge in [-0.1, -0.05) is 304 Å². The molecule has 0 N–H and O–H groups in total. The summed E-state index contributed by atoms with van der Waals surface area (Å²) in [5.74, 6) is -0.935. The van der Waals surface area contributed by atoms with E-state index in [9.17, 15) is 14.4 Å². The summed E-state index contributed by atoms with van der Waals surface area (Å²) in [6.07, 6.45) is 92.5. The van der Waals surface area contributed by atoms with Crippen molar-refractivity contribution >= 4 is 17.9 Å². The third-order valence-electron chi connectivity index (χ3n) is 14.5. The highest BCUT2D eigenvalue weighted by molar-refractivity contribution is 5.71. The van der Waals surface area contributed by atoms with Gasteiger partial charge in [-0.25, -0.2) is 0 Å². The van der Waals surface area contributed by atoms with Gasteiger partial charge in [-0.15, -0.1) is 0 Å². The molecule has 6 nitrogen and oxygen atoms in total. The molecule has 0 aromatic carbocycles. The molecule has 1 unspecified atom stereocenters. The van der Waals surface area contributed by atoms with Crippen LogP contribution in [0.25, 0.3) is 0 Å². The second-order valence-electron chi connectivity index (χ2n) is 22.4. The second-order valence-corrected chi connectivity index (χ2v) is 22.4. The third kappa shape index (κ3) is 64.9. The smallest absolute Gasteiger partial charge is 0.306 e. The lowest BCUT2D eigenvalue weighted by molar-refractivity contribution is -0.167.